The normalized spacial score (nSPS) is 13.5. The summed E-state index contributed by atoms with van der Waals surface area (Å²) >= 11 is 0. The first-order valence-corrected chi connectivity index (χ1v) is 10.4. The van der Waals surface area contributed by atoms with E-state index >= 15 is 0 Å². The number of likely N-dealkylation sites (tertiary alicyclic amines) is 1. The summed E-state index contributed by atoms with van der Waals surface area (Å²) < 4.78 is 18.9. The lowest BCUT2D eigenvalue weighted by Gasteiger charge is -2.17. The van der Waals surface area contributed by atoms with Crippen LogP contribution in [0, 0.1) is 5.82 Å². The highest BCUT2D eigenvalue weighted by Gasteiger charge is 2.17. The van der Waals surface area contributed by atoms with Gasteiger partial charge < -0.3 is 20.3 Å². The quantitative estimate of drug-likeness (QED) is 0.305. The van der Waals surface area contributed by atoms with Gasteiger partial charge in [0.1, 0.15) is 18.2 Å². The van der Waals surface area contributed by atoms with E-state index in [-0.39, 0.29) is 42.2 Å². The highest BCUT2D eigenvalue weighted by atomic mass is 127. The fourth-order valence-corrected chi connectivity index (χ4v) is 3.23. The van der Waals surface area contributed by atoms with Crippen molar-refractivity contribution in [2.75, 3.05) is 26.2 Å². The smallest absolute Gasteiger partial charge is 0.241 e. The summed E-state index contributed by atoms with van der Waals surface area (Å²) in [7, 11) is 0. The molecular formula is C23H30FIN4O2. The third kappa shape index (κ3) is 8.35. The van der Waals surface area contributed by atoms with Crippen LogP contribution in [0.5, 0.6) is 5.75 Å². The van der Waals surface area contributed by atoms with E-state index in [0.29, 0.717) is 24.9 Å². The molecule has 2 N–H and O–H groups in total. The van der Waals surface area contributed by atoms with Gasteiger partial charge >= 0.3 is 0 Å². The molecule has 0 unspecified atom stereocenters. The van der Waals surface area contributed by atoms with Crippen LogP contribution < -0.4 is 15.4 Å². The molecule has 1 saturated heterocycles. The van der Waals surface area contributed by atoms with Crippen LogP contribution in [0.25, 0.3) is 0 Å². The Kier molecular flexibility index (Phi) is 10.6. The highest BCUT2D eigenvalue weighted by molar-refractivity contribution is 14.0. The van der Waals surface area contributed by atoms with Crippen LogP contribution in [0.3, 0.4) is 0 Å². The number of hydrogen-bond donors (Lipinski definition) is 2. The van der Waals surface area contributed by atoms with Gasteiger partial charge in [-0.05, 0) is 55.2 Å². The Bertz CT molecular complexity index is 855. The van der Waals surface area contributed by atoms with Crippen molar-refractivity contribution in [2.45, 2.75) is 32.9 Å². The maximum absolute atomic E-state index is 13.2. The third-order valence-corrected chi connectivity index (χ3v) is 4.85. The first-order valence-electron chi connectivity index (χ1n) is 10.4. The van der Waals surface area contributed by atoms with Crippen molar-refractivity contribution in [2.24, 2.45) is 4.99 Å². The lowest BCUT2D eigenvalue weighted by Crippen LogP contribution is -2.44. The molecule has 0 bridgehead atoms. The van der Waals surface area contributed by atoms with Gasteiger partial charge in [0.05, 0.1) is 13.1 Å². The fraction of sp³-hybridized carbons (Fsp3) is 0.391. The molecule has 0 saturated carbocycles. The molecule has 0 spiro atoms. The van der Waals surface area contributed by atoms with Gasteiger partial charge in [0.25, 0.3) is 0 Å². The van der Waals surface area contributed by atoms with Crippen LogP contribution in [0.2, 0.25) is 0 Å². The van der Waals surface area contributed by atoms with E-state index in [1.54, 1.807) is 6.07 Å². The van der Waals surface area contributed by atoms with Gasteiger partial charge in [-0.25, -0.2) is 9.38 Å². The largest absolute Gasteiger partial charge is 0.489 e. The van der Waals surface area contributed by atoms with Gasteiger partial charge in [-0.2, -0.15) is 0 Å². The maximum Gasteiger partial charge on any atom is 0.241 e. The Balaban J connectivity index is 0.00000341. The average Bonchev–Trinajstić information content (AvgIpc) is 3.30. The molecule has 1 aliphatic heterocycles. The Morgan fingerprint density at radius 2 is 1.84 bits per heavy atom. The summed E-state index contributed by atoms with van der Waals surface area (Å²) in [6, 6.07) is 14.0. The number of aliphatic imine (C=N–C) groups is 1. The molecule has 3 rings (SSSR count). The molecule has 1 heterocycles. The molecule has 31 heavy (non-hydrogen) atoms. The number of benzene rings is 2. The molecule has 0 radical (unpaired) electrons. The predicted octanol–water partition coefficient (Wildman–Crippen LogP) is 3.70. The Labute approximate surface area is 200 Å². The van der Waals surface area contributed by atoms with E-state index in [9.17, 15) is 9.18 Å². The van der Waals surface area contributed by atoms with Crippen LogP contribution in [0.15, 0.2) is 53.5 Å². The van der Waals surface area contributed by atoms with Gasteiger partial charge in [-0.3, -0.25) is 4.79 Å². The van der Waals surface area contributed by atoms with E-state index in [0.717, 1.165) is 43.6 Å². The molecule has 0 aromatic heterocycles. The summed E-state index contributed by atoms with van der Waals surface area (Å²) in [5, 5.41) is 6.28. The average molecular weight is 540 g/mol. The standard InChI is InChI=1S/C23H29FN4O2.HI/c1-2-25-23(27-16-22(29)28-12-3-4-13-28)26-15-18-8-10-21(11-9-18)30-17-19-6-5-7-20(24)14-19;/h5-11,14H,2-4,12-13,15-17H2,1H3,(H2,25,26,27);1H. The second-order valence-corrected chi connectivity index (χ2v) is 7.20. The monoisotopic (exact) mass is 540 g/mol. The molecule has 8 heteroatoms. The van der Waals surface area contributed by atoms with E-state index < -0.39 is 0 Å². The van der Waals surface area contributed by atoms with E-state index in [4.69, 9.17) is 4.74 Å². The highest BCUT2D eigenvalue weighted by Crippen LogP contribution is 2.15. The van der Waals surface area contributed by atoms with Gasteiger partial charge in [-0.15, -0.1) is 24.0 Å². The SMILES string of the molecule is CCNC(=NCc1ccc(OCc2cccc(F)c2)cc1)NCC(=O)N1CCCC1.I. The van der Waals surface area contributed by atoms with Crippen molar-refractivity contribution in [3.05, 3.63) is 65.5 Å². The molecule has 6 nitrogen and oxygen atoms in total. The number of nitrogens with zero attached hydrogens (tertiary/aromatic N) is 2. The first-order chi connectivity index (χ1) is 14.6. The number of amides is 1. The number of nitrogens with one attached hydrogen (secondary N) is 2. The molecule has 0 aliphatic carbocycles. The van der Waals surface area contributed by atoms with Crippen LogP contribution >= 0.6 is 24.0 Å². The summed E-state index contributed by atoms with van der Waals surface area (Å²) in [6.07, 6.45) is 2.17. The zero-order valence-corrected chi connectivity index (χ0v) is 20.1. The number of hydrogen-bond acceptors (Lipinski definition) is 3. The fourth-order valence-electron chi connectivity index (χ4n) is 3.23. The minimum atomic E-state index is -0.267. The van der Waals surface area contributed by atoms with Crippen LogP contribution in [0.1, 0.15) is 30.9 Å². The summed E-state index contributed by atoms with van der Waals surface area (Å²) in [6.45, 7) is 5.45. The minimum absolute atomic E-state index is 0. The molecular weight excluding hydrogens is 510 g/mol. The number of guanidine groups is 1. The molecule has 168 valence electrons. The summed E-state index contributed by atoms with van der Waals surface area (Å²) in [5.41, 5.74) is 1.81. The predicted molar refractivity (Wildman–Crippen MR) is 131 cm³/mol. The number of rotatable bonds is 8. The number of ether oxygens (including phenoxy) is 1. The number of carbonyl (C=O) groups is 1. The van der Waals surface area contributed by atoms with Gasteiger partial charge in [0.2, 0.25) is 5.91 Å². The van der Waals surface area contributed by atoms with Gasteiger partial charge in [0.15, 0.2) is 5.96 Å². The van der Waals surface area contributed by atoms with Crippen LogP contribution in [-0.2, 0) is 17.9 Å². The lowest BCUT2D eigenvalue weighted by molar-refractivity contribution is -0.128. The molecule has 2 aromatic carbocycles. The number of carbonyl (C=O) groups excluding carboxylic acids is 1. The van der Waals surface area contributed by atoms with Crippen molar-refractivity contribution in [3.63, 3.8) is 0 Å². The molecule has 1 fully saturated rings. The van der Waals surface area contributed by atoms with Crippen LogP contribution in [0.4, 0.5) is 4.39 Å². The van der Waals surface area contributed by atoms with Crippen molar-refractivity contribution in [1.29, 1.82) is 0 Å². The minimum Gasteiger partial charge on any atom is -0.489 e. The zero-order valence-electron chi connectivity index (χ0n) is 17.8. The number of halogens is 2. The van der Waals surface area contributed by atoms with E-state index in [1.165, 1.54) is 12.1 Å². The maximum atomic E-state index is 13.2. The third-order valence-electron chi connectivity index (χ3n) is 4.85. The van der Waals surface area contributed by atoms with Crippen molar-refractivity contribution in [1.82, 2.24) is 15.5 Å². The molecule has 2 aromatic rings. The van der Waals surface area contributed by atoms with Crippen molar-refractivity contribution < 1.29 is 13.9 Å². The van der Waals surface area contributed by atoms with Crippen molar-refractivity contribution >= 4 is 35.8 Å². The second kappa shape index (κ2) is 13.1. The molecule has 0 atom stereocenters. The van der Waals surface area contributed by atoms with Crippen molar-refractivity contribution in [3.8, 4) is 5.75 Å². The Morgan fingerprint density at radius 1 is 1.10 bits per heavy atom. The van der Waals surface area contributed by atoms with E-state index in [2.05, 4.69) is 15.6 Å². The lowest BCUT2D eigenvalue weighted by atomic mass is 10.2. The molecule has 1 amide bonds. The molecule has 1 aliphatic rings. The summed E-state index contributed by atoms with van der Waals surface area (Å²) in [4.78, 5) is 18.6. The van der Waals surface area contributed by atoms with Gasteiger partial charge in [0, 0.05) is 19.6 Å². The Morgan fingerprint density at radius 3 is 2.52 bits per heavy atom. The zero-order chi connectivity index (χ0) is 21.2. The summed E-state index contributed by atoms with van der Waals surface area (Å²) in [5.74, 6) is 1.18. The van der Waals surface area contributed by atoms with E-state index in [1.807, 2.05) is 42.2 Å². The van der Waals surface area contributed by atoms with Crippen LogP contribution in [-0.4, -0.2) is 42.9 Å². The second-order valence-electron chi connectivity index (χ2n) is 7.20. The first kappa shape index (κ1) is 24.9. The van der Waals surface area contributed by atoms with Gasteiger partial charge in [-0.1, -0.05) is 24.3 Å². The Hall–Kier alpha value is -2.36. The topological polar surface area (TPSA) is 66.0 Å².